The Balaban J connectivity index is 1.18. The molecule has 0 aliphatic carbocycles. The molecule has 1 amide bonds. The minimum absolute atomic E-state index is 0.0635. The summed E-state index contributed by atoms with van der Waals surface area (Å²) in [5.74, 6) is -0.0570. The van der Waals surface area contributed by atoms with Crippen LogP contribution in [0.5, 0.6) is 11.5 Å². The highest BCUT2D eigenvalue weighted by Crippen LogP contribution is 2.30. The van der Waals surface area contributed by atoms with Gasteiger partial charge in [0.2, 0.25) is 0 Å². The second-order valence-corrected chi connectivity index (χ2v) is 12.2. The van der Waals surface area contributed by atoms with Crippen LogP contribution in [0.4, 0.5) is 23.7 Å². The summed E-state index contributed by atoms with van der Waals surface area (Å²) in [4.78, 5) is 33.4. The number of thioether (sulfide) groups is 1. The van der Waals surface area contributed by atoms with E-state index in [9.17, 15) is 22.8 Å². The number of ether oxygens (including phenoxy) is 4. The summed E-state index contributed by atoms with van der Waals surface area (Å²) in [5, 5.41) is 11.4. The van der Waals surface area contributed by atoms with Crippen molar-refractivity contribution >= 4 is 40.9 Å². The van der Waals surface area contributed by atoms with Gasteiger partial charge in [-0.15, -0.1) is 18.3 Å². The molecule has 0 unspecified atom stereocenters. The van der Waals surface area contributed by atoms with Crippen LogP contribution in [-0.2, 0) is 20.9 Å². The number of carbonyl (C=O) groups is 2. The molecule has 1 aromatic heterocycles. The average molecular weight is 762 g/mol. The molecule has 280 valence electrons. The van der Waals surface area contributed by atoms with E-state index in [1.54, 1.807) is 37.6 Å². The highest BCUT2D eigenvalue weighted by Gasteiger charge is 2.31. The van der Waals surface area contributed by atoms with Crippen molar-refractivity contribution < 1.29 is 41.7 Å². The van der Waals surface area contributed by atoms with Gasteiger partial charge in [0.05, 0.1) is 24.7 Å². The van der Waals surface area contributed by atoms with E-state index >= 15 is 0 Å². The van der Waals surface area contributed by atoms with Crippen LogP contribution in [0, 0.1) is 13.8 Å². The number of nitrogens with one attached hydrogen (secondary N) is 2. The Morgan fingerprint density at radius 1 is 0.926 bits per heavy atom. The zero-order valence-corrected chi connectivity index (χ0v) is 30.0. The van der Waals surface area contributed by atoms with E-state index in [2.05, 4.69) is 30.7 Å². The van der Waals surface area contributed by atoms with Crippen molar-refractivity contribution in [2.75, 3.05) is 19.6 Å². The third kappa shape index (κ3) is 11.8. The summed E-state index contributed by atoms with van der Waals surface area (Å²) in [6, 6.07) is 25.3. The van der Waals surface area contributed by atoms with E-state index in [1.807, 2.05) is 56.3 Å². The van der Waals surface area contributed by atoms with E-state index in [1.165, 1.54) is 35.3 Å². The number of alkyl halides is 3. The lowest BCUT2D eigenvalue weighted by Crippen LogP contribution is -2.31. The fourth-order valence-electron chi connectivity index (χ4n) is 4.72. The quantitative estimate of drug-likeness (QED) is 0.0414. The summed E-state index contributed by atoms with van der Waals surface area (Å²) in [7, 11) is 1.58. The van der Waals surface area contributed by atoms with Crippen molar-refractivity contribution in [3.05, 3.63) is 120 Å². The number of halogens is 3. The number of hydrogen-bond donors (Lipinski definition) is 2. The molecule has 0 fully saturated rings. The summed E-state index contributed by atoms with van der Waals surface area (Å²) in [6.45, 7) is 3.47. The molecule has 13 nitrogen and oxygen atoms in total. The van der Waals surface area contributed by atoms with Gasteiger partial charge in [-0.3, -0.25) is 10.2 Å². The van der Waals surface area contributed by atoms with Gasteiger partial charge in [0.15, 0.2) is 11.0 Å². The maximum absolute atomic E-state index is 12.5. The number of aliphatic imine (C=N–C) groups is 1. The third-order valence-corrected chi connectivity index (χ3v) is 7.98. The molecular formula is C37H34F3N7O6S. The lowest BCUT2D eigenvalue weighted by molar-refractivity contribution is -0.274. The first-order valence-electron chi connectivity index (χ1n) is 16.1. The van der Waals surface area contributed by atoms with Crippen molar-refractivity contribution in [2.24, 2.45) is 10.1 Å². The predicted octanol–water partition coefficient (Wildman–Crippen LogP) is 7.23. The predicted molar refractivity (Wildman–Crippen MR) is 197 cm³/mol. The Morgan fingerprint density at radius 3 is 2.30 bits per heavy atom. The van der Waals surface area contributed by atoms with Crippen LogP contribution in [0.15, 0.2) is 107 Å². The van der Waals surface area contributed by atoms with Crippen LogP contribution < -0.4 is 20.2 Å². The number of aryl methyl sites for hydroxylation is 2. The van der Waals surface area contributed by atoms with Crippen LogP contribution >= 0.6 is 11.8 Å². The van der Waals surface area contributed by atoms with Crippen LogP contribution in [0.1, 0.15) is 22.3 Å². The Labute approximate surface area is 312 Å². The molecule has 0 saturated carbocycles. The summed E-state index contributed by atoms with van der Waals surface area (Å²) in [6.07, 6.45) is -2.51. The number of amides is 1. The summed E-state index contributed by atoms with van der Waals surface area (Å²) < 4.78 is 58.6. The van der Waals surface area contributed by atoms with Crippen LogP contribution in [0.2, 0.25) is 0 Å². The third-order valence-electron chi connectivity index (χ3n) is 7.29. The smallest absolute Gasteiger partial charge is 0.497 e. The fourth-order valence-corrected chi connectivity index (χ4v) is 5.30. The molecule has 5 rings (SSSR count). The Bertz CT molecular complexity index is 2070. The fraction of sp³-hybridized carbons (Fsp3) is 0.189. The highest BCUT2D eigenvalue weighted by atomic mass is 32.2. The van der Waals surface area contributed by atoms with Crippen molar-refractivity contribution in [2.45, 2.75) is 26.8 Å². The van der Waals surface area contributed by atoms with Crippen molar-refractivity contribution in [1.82, 2.24) is 25.5 Å². The Kier molecular flexibility index (Phi) is 13.3. The molecule has 0 bridgehead atoms. The Morgan fingerprint density at radius 2 is 1.63 bits per heavy atom. The number of amidine groups is 1. The van der Waals surface area contributed by atoms with Crippen LogP contribution in [0.25, 0.3) is 17.1 Å². The first kappa shape index (κ1) is 38.9. The molecule has 0 aliphatic rings. The van der Waals surface area contributed by atoms with Gasteiger partial charge in [-0.2, -0.15) is 5.10 Å². The molecule has 2 N–H and O–H groups in total. The van der Waals surface area contributed by atoms with Gasteiger partial charge < -0.3 is 24.3 Å². The minimum atomic E-state index is -4.78. The molecule has 0 radical (unpaired) electrons. The van der Waals surface area contributed by atoms with Crippen LogP contribution in [0.3, 0.4) is 0 Å². The van der Waals surface area contributed by atoms with Gasteiger partial charge in [0.25, 0.3) is 0 Å². The summed E-state index contributed by atoms with van der Waals surface area (Å²) in [5.41, 5.74) is 8.02. The largest absolute Gasteiger partial charge is 0.573 e. The molecule has 4 aromatic carbocycles. The molecule has 0 atom stereocenters. The van der Waals surface area contributed by atoms with E-state index in [0.29, 0.717) is 33.7 Å². The number of aromatic nitrogens is 3. The topological polar surface area (TPSA) is 151 Å². The number of rotatable bonds is 13. The molecule has 0 saturated heterocycles. The molecular weight excluding hydrogens is 728 g/mol. The lowest BCUT2D eigenvalue weighted by atomic mass is 10.1. The highest BCUT2D eigenvalue weighted by molar-refractivity contribution is 8.13. The van der Waals surface area contributed by atoms with Gasteiger partial charge in [0.1, 0.15) is 36.9 Å². The van der Waals surface area contributed by atoms with Crippen LogP contribution in [-0.4, -0.2) is 64.2 Å². The minimum Gasteiger partial charge on any atom is -0.497 e. The van der Waals surface area contributed by atoms with E-state index < -0.39 is 18.4 Å². The number of hydrogen-bond acceptors (Lipinski definition) is 11. The van der Waals surface area contributed by atoms with Gasteiger partial charge in [-0.1, -0.05) is 54.6 Å². The van der Waals surface area contributed by atoms with Gasteiger partial charge in [-0.25, -0.2) is 19.5 Å². The zero-order chi connectivity index (χ0) is 38.5. The van der Waals surface area contributed by atoms with Gasteiger partial charge in [0, 0.05) is 5.56 Å². The average Bonchev–Trinajstić information content (AvgIpc) is 3.65. The SMILES string of the molecule is COc1cc(C)c(N=C(N/N=C\c2ccc(-c3ncn(-c4ccc(OC(F)(F)F)cc4)n3)cc2)SCOC(=O)CNC(=O)OCc2ccccc2)c(C)c1. The zero-order valence-electron chi connectivity index (χ0n) is 29.2. The number of benzene rings is 4. The molecule has 54 heavy (non-hydrogen) atoms. The van der Waals surface area contributed by atoms with Gasteiger partial charge in [-0.05, 0) is 84.3 Å². The molecule has 0 spiro atoms. The van der Waals surface area contributed by atoms with E-state index in [-0.39, 0.29) is 24.8 Å². The monoisotopic (exact) mass is 761 g/mol. The van der Waals surface area contributed by atoms with E-state index in [0.717, 1.165) is 34.0 Å². The van der Waals surface area contributed by atoms with E-state index in [4.69, 9.17) is 19.2 Å². The van der Waals surface area contributed by atoms with Crippen molar-refractivity contribution in [3.8, 4) is 28.6 Å². The number of hydrazone groups is 1. The number of carbonyl (C=O) groups excluding carboxylic acids is 2. The number of alkyl carbamates (subject to hydrolysis) is 1. The Hall–Kier alpha value is -6.36. The normalized spacial score (nSPS) is 11.6. The van der Waals surface area contributed by atoms with Crippen molar-refractivity contribution in [1.29, 1.82) is 0 Å². The lowest BCUT2D eigenvalue weighted by Gasteiger charge is -2.11. The second kappa shape index (κ2) is 18.4. The number of methoxy groups -OCH3 is 1. The summed E-state index contributed by atoms with van der Waals surface area (Å²) >= 11 is 1.08. The first-order valence-corrected chi connectivity index (χ1v) is 17.1. The molecule has 17 heteroatoms. The molecule has 0 aliphatic heterocycles. The maximum Gasteiger partial charge on any atom is 0.573 e. The van der Waals surface area contributed by atoms with Gasteiger partial charge >= 0.3 is 18.4 Å². The molecule has 5 aromatic rings. The molecule has 1 heterocycles. The van der Waals surface area contributed by atoms with Crippen molar-refractivity contribution in [3.63, 3.8) is 0 Å². The standard InChI is InChI=1S/C37H34F3N7O6S/c1-24-17-31(50-3)18-25(2)33(24)44-35(54-23-52-32(48)20-41-36(49)51-21-27-7-5-4-6-8-27)45-43-19-26-9-11-28(12-10-26)34-42-22-47(46-34)29-13-15-30(16-14-29)53-37(38,39)40/h4-19,22H,20-21,23H2,1-3H3,(H,41,49)(H,44,45)/b43-19-. The number of nitrogens with zero attached hydrogens (tertiary/aromatic N) is 5. The second-order valence-electron chi connectivity index (χ2n) is 11.3. The number of esters is 1. The first-order chi connectivity index (χ1) is 26.0. The maximum atomic E-state index is 12.5.